The van der Waals surface area contributed by atoms with E-state index in [2.05, 4.69) is 4.98 Å². The predicted octanol–water partition coefficient (Wildman–Crippen LogP) is 2.63. The SMILES string of the molecule is CCc1cc2c(=O)n(CC(O)c3ccc(C#N)cc3)cnc2s1. The zero-order valence-corrected chi connectivity index (χ0v) is 13.4. The topological polar surface area (TPSA) is 78.9 Å². The molecule has 5 nitrogen and oxygen atoms in total. The summed E-state index contributed by atoms with van der Waals surface area (Å²) < 4.78 is 1.43. The monoisotopic (exact) mass is 325 g/mol. The van der Waals surface area contributed by atoms with Crippen LogP contribution in [0.2, 0.25) is 0 Å². The van der Waals surface area contributed by atoms with Crippen LogP contribution in [0.5, 0.6) is 0 Å². The van der Waals surface area contributed by atoms with E-state index in [1.54, 1.807) is 24.3 Å². The highest BCUT2D eigenvalue weighted by atomic mass is 32.1. The minimum atomic E-state index is -0.830. The van der Waals surface area contributed by atoms with Crippen LogP contribution in [0.25, 0.3) is 10.2 Å². The molecule has 3 rings (SSSR count). The average molecular weight is 325 g/mol. The third kappa shape index (κ3) is 3.02. The fourth-order valence-electron chi connectivity index (χ4n) is 2.39. The maximum Gasteiger partial charge on any atom is 0.262 e. The molecule has 0 aliphatic carbocycles. The van der Waals surface area contributed by atoms with E-state index >= 15 is 0 Å². The minimum absolute atomic E-state index is 0.130. The largest absolute Gasteiger partial charge is 0.387 e. The van der Waals surface area contributed by atoms with Gasteiger partial charge in [0.25, 0.3) is 5.56 Å². The number of rotatable bonds is 4. The van der Waals surface area contributed by atoms with Gasteiger partial charge < -0.3 is 5.11 Å². The highest BCUT2D eigenvalue weighted by Gasteiger charge is 2.13. The lowest BCUT2D eigenvalue weighted by Gasteiger charge is -2.12. The first-order chi connectivity index (χ1) is 11.1. The Balaban J connectivity index is 1.89. The quantitative estimate of drug-likeness (QED) is 0.800. The van der Waals surface area contributed by atoms with E-state index in [9.17, 15) is 9.90 Å². The molecule has 0 aliphatic heterocycles. The van der Waals surface area contributed by atoms with E-state index in [-0.39, 0.29) is 12.1 Å². The number of fused-ring (bicyclic) bond motifs is 1. The van der Waals surface area contributed by atoms with Gasteiger partial charge in [0.15, 0.2) is 0 Å². The Kier molecular flexibility index (Phi) is 4.24. The molecule has 1 unspecified atom stereocenters. The van der Waals surface area contributed by atoms with Crippen molar-refractivity contribution < 1.29 is 5.11 Å². The van der Waals surface area contributed by atoms with Crippen molar-refractivity contribution in [2.45, 2.75) is 26.0 Å². The Morgan fingerprint density at radius 1 is 1.39 bits per heavy atom. The molecule has 116 valence electrons. The van der Waals surface area contributed by atoms with Crippen molar-refractivity contribution in [2.75, 3.05) is 0 Å². The molecule has 0 saturated carbocycles. The van der Waals surface area contributed by atoms with Crippen molar-refractivity contribution in [3.8, 4) is 6.07 Å². The average Bonchev–Trinajstić information content (AvgIpc) is 3.01. The number of benzene rings is 1. The van der Waals surface area contributed by atoms with Gasteiger partial charge in [-0.25, -0.2) is 4.98 Å². The lowest BCUT2D eigenvalue weighted by Crippen LogP contribution is -2.23. The molecule has 0 spiro atoms. The van der Waals surface area contributed by atoms with E-state index in [1.165, 1.54) is 22.2 Å². The smallest absolute Gasteiger partial charge is 0.262 e. The van der Waals surface area contributed by atoms with Gasteiger partial charge in [0.2, 0.25) is 0 Å². The zero-order valence-electron chi connectivity index (χ0n) is 12.6. The van der Waals surface area contributed by atoms with Crippen molar-refractivity contribution in [1.29, 1.82) is 5.26 Å². The molecule has 2 aromatic heterocycles. The molecule has 0 amide bonds. The Hall–Kier alpha value is -2.49. The summed E-state index contributed by atoms with van der Waals surface area (Å²) >= 11 is 1.52. The van der Waals surface area contributed by atoms with Gasteiger partial charge in [0.1, 0.15) is 4.83 Å². The Morgan fingerprint density at radius 3 is 2.78 bits per heavy atom. The van der Waals surface area contributed by atoms with Crippen molar-refractivity contribution in [2.24, 2.45) is 0 Å². The first kappa shape index (κ1) is 15.4. The summed E-state index contributed by atoms with van der Waals surface area (Å²) in [5.74, 6) is 0. The van der Waals surface area contributed by atoms with E-state index in [4.69, 9.17) is 5.26 Å². The maximum atomic E-state index is 12.5. The summed E-state index contributed by atoms with van der Waals surface area (Å²) in [6, 6.07) is 10.6. The molecule has 2 heterocycles. The summed E-state index contributed by atoms with van der Waals surface area (Å²) in [4.78, 5) is 18.7. The standard InChI is InChI=1S/C17H15N3O2S/c1-2-13-7-14-16(23-13)19-10-20(17(14)22)9-15(21)12-5-3-11(8-18)4-6-12/h3-7,10,15,21H,2,9H2,1H3. The summed E-state index contributed by atoms with van der Waals surface area (Å²) in [6.07, 6.45) is 1.52. The van der Waals surface area contributed by atoms with Crippen molar-refractivity contribution in [1.82, 2.24) is 9.55 Å². The highest BCUT2D eigenvalue weighted by molar-refractivity contribution is 7.18. The first-order valence-corrected chi connectivity index (χ1v) is 8.10. The fourth-order valence-corrected chi connectivity index (χ4v) is 3.31. The van der Waals surface area contributed by atoms with Crippen molar-refractivity contribution in [3.05, 3.63) is 63.0 Å². The Labute approximate surface area is 137 Å². The van der Waals surface area contributed by atoms with Crippen LogP contribution in [-0.2, 0) is 13.0 Å². The molecule has 1 atom stereocenters. The molecule has 0 saturated heterocycles. The number of nitrogens with zero attached hydrogens (tertiary/aromatic N) is 3. The number of aryl methyl sites for hydroxylation is 1. The van der Waals surface area contributed by atoms with Crippen LogP contribution in [0, 0.1) is 11.3 Å². The summed E-state index contributed by atoms with van der Waals surface area (Å²) in [5, 5.41) is 19.7. The summed E-state index contributed by atoms with van der Waals surface area (Å²) in [5.41, 5.74) is 1.06. The molecule has 1 N–H and O–H groups in total. The highest BCUT2D eigenvalue weighted by Crippen LogP contribution is 2.21. The van der Waals surface area contributed by atoms with E-state index < -0.39 is 6.10 Å². The molecule has 3 aromatic rings. The molecule has 23 heavy (non-hydrogen) atoms. The Morgan fingerprint density at radius 2 is 2.13 bits per heavy atom. The second-order valence-electron chi connectivity index (χ2n) is 5.24. The van der Waals surface area contributed by atoms with Gasteiger partial charge in [0, 0.05) is 4.88 Å². The van der Waals surface area contributed by atoms with Crippen LogP contribution in [0.15, 0.2) is 41.5 Å². The number of aliphatic hydroxyl groups is 1. The van der Waals surface area contributed by atoms with Gasteiger partial charge in [-0.1, -0.05) is 19.1 Å². The van der Waals surface area contributed by atoms with E-state index in [0.717, 1.165) is 16.1 Å². The van der Waals surface area contributed by atoms with Gasteiger partial charge in [-0.15, -0.1) is 11.3 Å². The minimum Gasteiger partial charge on any atom is -0.387 e. The molecule has 0 radical (unpaired) electrons. The van der Waals surface area contributed by atoms with Crippen LogP contribution >= 0.6 is 11.3 Å². The van der Waals surface area contributed by atoms with Gasteiger partial charge in [-0.3, -0.25) is 9.36 Å². The number of hydrogen-bond acceptors (Lipinski definition) is 5. The lowest BCUT2D eigenvalue weighted by molar-refractivity contribution is 0.155. The van der Waals surface area contributed by atoms with E-state index in [0.29, 0.717) is 16.5 Å². The van der Waals surface area contributed by atoms with Crippen molar-refractivity contribution >= 4 is 21.6 Å². The zero-order chi connectivity index (χ0) is 16.4. The fraction of sp³-hybridized carbons (Fsp3) is 0.235. The van der Waals surface area contributed by atoms with Crippen LogP contribution in [0.3, 0.4) is 0 Å². The van der Waals surface area contributed by atoms with Gasteiger partial charge >= 0.3 is 0 Å². The first-order valence-electron chi connectivity index (χ1n) is 7.28. The van der Waals surface area contributed by atoms with Crippen LogP contribution in [-0.4, -0.2) is 14.7 Å². The molecule has 6 heteroatoms. The van der Waals surface area contributed by atoms with Gasteiger partial charge in [0.05, 0.1) is 36.0 Å². The molecular weight excluding hydrogens is 310 g/mol. The van der Waals surface area contributed by atoms with Crippen LogP contribution in [0.4, 0.5) is 0 Å². The Bertz CT molecular complexity index is 935. The normalized spacial score (nSPS) is 12.2. The lowest BCUT2D eigenvalue weighted by atomic mass is 10.1. The van der Waals surface area contributed by atoms with Gasteiger partial charge in [-0.05, 0) is 30.2 Å². The maximum absolute atomic E-state index is 12.5. The van der Waals surface area contributed by atoms with Crippen LogP contribution in [0.1, 0.15) is 29.0 Å². The summed E-state index contributed by atoms with van der Waals surface area (Å²) in [6.45, 7) is 2.17. The molecule has 0 bridgehead atoms. The number of aliphatic hydroxyl groups excluding tert-OH is 1. The van der Waals surface area contributed by atoms with Crippen molar-refractivity contribution in [3.63, 3.8) is 0 Å². The molecule has 1 aromatic carbocycles. The number of hydrogen-bond donors (Lipinski definition) is 1. The second kappa shape index (κ2) is 6.32. The summed E-state index contributed by atoms with van der Waals surface area (Å²) in [7, 11) is 0. The number of aromatic nitrogens is 2. The van der Waals surface area contributed by atoms with Gasteiger partial charge in [-0.2, -0.15) is 5.26 Å². The molecule has 0 fully saturated rings. The third-order valence-corrected chi connectivity index (χ3v) is 4.90. The second-order valence-corrected chi connectivity index (χ2v) is 6.35. The van der Waals surface area contributed by atoms with Crippen LogP contribution < -0.4 is 5.56 Å². The van der Waals surface area contributed by atoms with E-state index in [1.807, 2.05) is 19.1 Å². The third-order valence-electron chi connectivity index (χ3n) is 3.71. The number of thiophene rings is 1. The molecule has 0 aliphatic rings. The molecular formula is C17H15N3O2S. The predicted molar refractivity (Wildman–Crippen MR) is 89.4 cm³/mol. The number of nitriles is 1.